The molecule has 0 aliphatic heterocycles. The average Bonchev–Trinajstić information content (AvgIpc) is 3.34. The average molecular weight is 473 g/mol. The zero-order valence-corrected chi connectivity index (χ0v) is 19.2. The summed E-state index contributed by atoms with van der Waals surface area (Å²) in [5.74, 6) is -0.235. The van der Waals surface area contributed by atoms with Crippen molar-refractivity contribution in [2.24, 2.45) is 0 Å². The van der Waals surface area contributed by atoms with Crippen LogP contribution in [0.25, 0.3) is 11.4 Å². The summed E-state index contributed by atoms with van der Waals surface area (Å²) < 4.78 is 13.0. The molecule has 35 heavy (non-hydrogen) atoms. The highest BCUT2D eigenvalue weighted by molar-refractivity contribution is 6.04. The van der Waals surface area contributed by atoms with Gasteiger partial charge in [-0.15, -0.1) is 10.2 Å². The van der Waals surface area contributed by atoms with Crippen molar-refractivity contribution >= 4 is 17.5 Å². The molecular formula is C26H25FN6O2. The van der Waals surface area contributed by atoms with Gasteiger partial charge in [-0.05, 0) is 60.5 Å². The smallest absolute Gasteiger partial charge is 0.255 e. The van der Waals surface area contributed by atoms with E-state index in [-0.39, 0.29) is 17.9 Å². The summed E-state index contributed by atoms with van der Waals surface area (Å²) in [5, 5.41) is 18.2. The third-order valence-electron chi connectivity index (χ3n) is 5.40. The molecule has 4 aromatic rings. The number of aryl methyl sites for hydroxylation is 1. The summed E-state index contributed by atoms with van der Waals surface area (Å²) in [7, 11) is 0. The molecule has 4 rings (SSSR count). The molecule has 2 N–H and O–H groups in total. The number of hydrogen-bond acceptors (Lipinski definition) is 5. The van der Waals surface area contributed by atoms with Crippen LogP contribution in [0.3, 0.4) is 0 Å². The van der Waals surface area contributed by atoms with Gasteiger partial charge in [-0.3, -0.25) is 9.59 Å². The lowest BCUT2D eigenvalue weighted by molar-refractivity contribution is -0.121. The molecule has 1 aromatic heterocycles. The second-order valence-electron chi connectivity index (χ2n) is 8.05. The summed E-state index contributed by atoms with van der Waals surface area (Å²) in [4.78, 5) is 26.1. The van der Waals surface area contributed by atoms with Gasteiger partial charge in [-0.2, -0.15) is 4.80 Å². The van der Waals surface area contributed by atoms with Gasteiger partial charge in [0.1, 0.15) is 5.82 Å². The van der Waals surface area contributed by atoms with E-state index < -0.39 is 5.82 Å². The van der Waals surface area contributed by atoms with E-state index in [9.17, 15) is 14.0 Å². The number of hydrogen-bond donors (Lipinski definition) is 2. The van der Waals surface area contributed by atoms with Crippen LogP contribution < -0.4 is 10.6 Å². The number of amides is 2. The van der Waals surface area contributed by atoms with E-state index in [1.807, 2.05) is 49.4 Å². The molecule has 0 aliphatic carbocycles. The van der Waals surface area contributed by atoms with Crippen molar-refractivity contribution in [1.82, 2.24) is 25.5 Å². The minimum absolute atomic E-state index is 0.0745. The zero-order valence-electron chi connectivity index (χ0n) is 19.2. The first-order valence-electron chi connectivity index (χ1n) is 11.3. The Labute approximate surface area is 202 Å². The van der Waals surface area contributed by atoms with Crippen molar-refractivity contribution in [2.45, 2.75) is 32.4 Å². The Bertz CT molecular complexity index is 1270. The highest BCUT2D eigenvalue weighted by Crippen LogP contribution is 2.17. The number of halogens is 1. The van der Waals surface area contributed by atoms with E-state index in [2.05, 4.69) is 26.0 Å². The van der Waals surface area contributed by atoms with Gasteiger partial charge >= 0.3 is 0 Å². The Kier molecular flexibility index (Phi) is 7.57. The summed E-state index contributed by atoms with van der Waals surface area (Å²) in [5.41, 5.74) is 2.78. The molecule has 0 radical (unpaired) electrons. The molecule has 0 aliphatic rings. The summed E-state index contributed by atoms with van der Waals surface area (Å²) in [6.45, 7) is 2.39. The number of anilines is 1. The molecule has 0 bridgehead atoms. The maximum atomic E-state index is 13.0. The summed E-state index contributed by atoms with van der Waals surface area (Å²) >= 11 is 0. The minimum Gasteiger partial charge on any atom is -0.350 e. The quantitative estimate of drug-likeness (QED) is 0.376. The van der Waals surface area contributed by atoms with Crippen LogP contribution in [0.1, 0.15) is 41.7 Å². The molecule has 0 saturated heterocycles. The Morgan fingerprint density at radius 2 is 1.69 bits per heavy atom. The number of carbonyl (C=O) groups is 2. The van der Waals surface area contributed by atoms with Gasteiger partial charge in [-0.25, -0.2) is 4.39 Å². The normalized spacial score (nSPS) is 11.6. The van der Waals surface area contributed by atoms with Gasteiger partial charge < -0.3 is 10.6 Å². The lowest BCUT2D eigenvalue weighted by Crippen LogP contribution is -2.26. The van der Waals surface area contributed by atoms with Gasteiger partial charge in [0.25, 0.3) is 5.91 Å². The first-order chi connectivity index (χ1) is 17.0. The lowest BCUT2D eigenvalue weighted by Gasteiger charge is -2.15. The molecule has 9 heteroatoms. The molecular weight excluding hydrogens is 447 g/mol. The molecule has 0 saturated carbocycles. The topological polar surface area (TPSA) is 102 Å². The predicted molar refractivity (Wildman–Crippen MR) is 130 cm³/mol. The minimum atomic E-state index is -0.394. The zero-order chi connectivity index (χ0) is 24.6. The molecule has 8 nitrogen and oxygen atoms in total. The van der Waals surface area contributed by atoms with Crippen molar-refractivity contribution in [3.05, 3.63) is 95.8 Å². The first-order valence-corrected chi connectivity index (χ1v) is 11.3. The Morgan fingerprint density at radius 3 is 2.40 bits per heavy atom. The van der Waals surface area contributed by atoms with Crippen molar-refractivity contribution in [3.63, 3.8) is 0 Å². The van der Waals surface area contributed by atoms with Gasteiger partial charge in [0, 0.05) is 23.2 Å². The fourth-order valence-electron chi connectivity index (χ4n) is 3.48. The van der Waals surface area contributed by atoms with Gasteiger partial charge in [0.2, 0.25) is 11.7 Å². The number of nitrogens with zero attached hydrogens (tertiary/aromatic N) is 4. The first kappa shape index (κ1) is 23.7. The van der Waals surface area contributed by atoms with E-state index in [4.69, 9.17) is 0 Å². The largest absolute Gasteiger partial charge is 0.350 e. The second kappa shape index (κ2) is 11.1. The maximum absolute atomic E-state index is 13.0. The fraction of sp³-hybridized carbons (Fsp3) is 0.192. The van der Waals surface area contributed by atoms with Crippen molar-refractivity contribution in [3.8, 4) is 11.4 Å². The Hall–Kier alpha value is -4.40. The van der Waals surface area contributed by atoms with Crippen molar-refractivity contribution < 1.29 is 14.0 Å². The predicted octanol–water partition coefficient (Wildman–Crippen LogP) is 4.39. The number of aromatic nitrogens is 4. The molecule has 1 heterocycles. The van der Waals surface area contributed by atoms with Crippen molar-refractivity contribution in [2.75, 3.05) is 5.32 Å². The number of benzene rings is 3. The molecule has 3 aromatic carbocycles. The molecule has 2 amide bonds. The molecule has 1 atom stereocenters. The number of rotatable bonds is 9. The summed E-state index contributed by atoms with van der Waals surface area (Å²) in [6, 6.07) is 22.0. The van der Waals surface area contributed by atoms with Crippen LogP contribution in [0.15, 0.2) is 78.9 Å². The van der Waals surface area contributed by atoms with Crippen LogP contribution in [-0.4, -0.2) is 32.0 Å². The van der Waals surface area contributed by atoms with Gasteiger partial charge in [0.05, 0.1) is 12.6 Å². The number of carbonyl (C=O) groups excluding carboxylic acids is 2. The number of tetrazole rings is 1. The van der Waals surface area contributed by atoms with Crippen LogP contribution in [0, 0.1) is 5.82 Å². The Morgan fingerprint density at radius 1 is 0.971 bits per heavy atom. The lowest BCUT2D eigenvalue weighted by atomic mass is 10.1. The second-order valence-corrected chi connectivity index (χ2v) is 8.05. The molecule has 0 spiro atoms. The van der Waals surface area contributed by atoms with Crippen LogP contribution in [0.5, 0.6) is 0 Å². The van der Waals surface area contributed by atoms with Crippen molar-refractivity contribution in [1.29, 1.82) is 0 Å². The van der Waals surface area contributed by atoms with Gasteiger partial charge in [-0.1, -0.05) is 42.5 Å². The molecule has 1 unspecified atom stereocenters. The van der Waals surface area contributed by atoms with Crippen LogP contribution in [0.2, 0.25) is 0 Å². The van der Waals surface area contributed by atoms with E-state index in [0.717, 1.165) is 11.1 Å². The van der Waals surface area contributed by atoms with Crippen LogP contribution in [-0.2, 0) is 11.3 Å². The van der Waals surface area contributed by atoms with E-state index >= 15 is 0 Å². The third-order valence-corrected chi connectivity index (χ3v) is 5.40. The van der Waals surface area contributed by atoms with E-state index in [1.165, 1.54) is 29.1 Å². The standard InChI is InChI=1S/C26H25FN6O2/c1-18(19-11-15-23(16-12-19)29-26(35)21-9-13-22(27)14-10-21)28-24(34)8-5-17-33-31-25(30-32-33)20-6-3-2-4-7-20/h2-4,6-7,9-16,18H,5,8,17H2,1H3,(H,28,34)(H,29,35). The maximum Gasteiger partial charge on any atom is 0.255 e. The van der Waals surface area contributed by atoms with E-state index in [0.29, 0.717) is 36.5 Å². The highest BCUT2D eigenvalue weighted by Gasteiger charge is 2.12. The third kappa shape index (κ3) is 6.57. The molecule has 178 valence electrons. The summed E-state index contributed by atoms with van der Waals surface area (Å²) in [6.07, 6.45) is 0.913. The van der Waals surface area contributed by atoms with E-state index in [1.54, 1.807) is 12.1 Å². The fourth-order valence-corrected chi connectivity index (χ4v) is 3.48. The van der Waals surface area contributed by atoms with Crippen LogP contribution >= 0.6 is 0 Å². The molecule has 0 fully saturated rings. The monoisotopic (exact) mass is 472 g/mol. The van der Waals surface area contributed by atoms with Gasteiger partial charge in [0.15, 0.2) is 0 Å². The highest BCUT2D eigenvalue weighted by atomic mass is 19.1. The number of nitrogens with one attached hydrogen (secondary N) is 2. The SMILES string of the molecule is CC(NC(=O)CCCn1nnc(-c2ccccc2)n1)c1ccc(NC(=O)c2ccc(F)cc2)cc1. The Balaban J connectivity index is 1.22. The van der Waals surface area contributed by atoms with Crippen LogP contribution in [0.4, 0.5) is 10.1 Å².